The largest absolute Gasteiger partial charge is 0.389 e. The number of nitrogens with zero attached hydrogens (tertiary/aromatic N) is 1. The minimum absolute atomic E-state index is 0.122. The van der Waals surface area contributed by atoms with Crippen LogP contribution in [0.1, 0.15) is 29.1 Å². The summed E-state index contributed by atoms with van der Waals surface area (Å²) in [5.41, 5.74) is 0.945. The SMILES string of the molecule is Cc1cc(C(=O)N(C)CC(C)(C)O)sc1-c1ccc(F)cc1. The first-order valence-electron chi connectivity index (χ1n) is 7.01. The number of benzene rings is 1. The Bertz CT molecular complexity index is 671. The molecule has 0 unspecified atom stereocenters. The molecule has 0 aliphatic carbocycles. The average molecular weight is 321 g/mol. The maximum absolute atomic E-state index is 13.0. The number of carbonyl (C=O) groups excluding carboxylic acids is 1. The molecule has 0 aliphatic heterocycles. The van der Waals surface area contributed by atoms with Gasteiger partial charge in [0.2, 0.25) is 0 Å². The highest BCUT2D eigenvalue weighted by molar-refractivity contribution is 7.17. The first-order chi connectivity index (χ1) is 10.2. The number of aryl methyl sites for hydroxylation is 1. The van der Waals surface area contributed by atoms with E-state index in [1.54, 1.807) is 33.0 Å². The Morgan fingerprint density at radius 2 is 1.91 bits per heavy atom. The molecule has 1 amide bonds. The monoisotopic (exact) mass is 321 g/mol. The fourth-order valence-corrected chi connectivity index (χ4v) is 3.49. The molecule has 1 aromatic carbocycles. The second kappa shape index (κ2) is 6.18. The number of rotatable bonds is 4. The Morgan fingerprint density at radius 3 is 2.45 bits per heavy atom. The molecular formula is C17H20FNO2S. The third kappa shape index (κ3) is 3.93. The van der Waals surface area contributed by atoms with Gasteiger partial charge in [-0.3, -0.25) is 4.79 Å². The van der Waals surface area contributed by atoms with Crippen LogP contribution in [0.4, 0.5) is 4.39 Å². The molecule has 0 spiro atoms. The fraction of sp³-hybridized carbons (Fsp3) is 0.353. The summed E-state index contributed by atoms with van der Waals surface area (Å²) in [5.74, 6) is -0.400. The molecule has 1 N–H and O–H groups in total. The van der Waals surface area contributed by atoms with Crippen LogP contribution in [0, 0.1) is 12.7 Å². The zero-order valence-electron chi connectivity index (χ0n) is 13.2. The van der Waals surface area contributed by atoms with E-state index in [9.17, 15) is 14.3 Å². The molecule has 0 saturated carbocycles. The Labute approximate surface area is 134 Å². The van der Waals surface area contributed by atoms with E-state index in [1.807, 2.05) is 13.0 Å². The Balaban J connectivity index is 2.26. The van der Waals surface area contributed by atoms with Gasteiger partial charge in [0.25, 0.3) is 5.91 Å². The van der Waals surface area contributed by atoms with Gasteiger partial charge in [-0.15, -0.1) is 11.3 Å². The second-order valence-electron chi connectivity index (χ2n) is 6.10. The van der Waals surface area contributed by atoms with Gasteiger partial charge in [-0.2, -0.15) is 0 Å². The maximum Gasteiger partial charge on any atom is 0.263 e. The van der Waals surface area contributed by atoms with Crippen molar-refractivity contribution in [2.24, 2.45) is 0 Å². The van der Waals surface area contributed by atoms with Crippen LogP contribution < -0.4 is 0 Å². The van der Waals surface area contributed by atoms with Crippen molar-refractivity contribution in [2.75, 3.05) is 13.6 Å². The number of aliphatic hydroxyl groups is 1. The minimum Gasteiger partial charge on any atom is -0.389 e. The smallest absolute Gasteiger partial charge is 0.263 e. The van der Waals surface area contributed by atoms with Crippen molar-refractivity contribution in [2.45, 2.75) is 26.4 Å². The van der Waals surface area contributed by atoms with E-state index in [-0.39, 0.29) is 18.3 Å². The van der Waals surface area contributed by atoms with Crippen LogP contribution in [0.25, 0.3) is 10.4 Å². The Morgan fingerprint density at radius 1 is 1.32 bits per heavy atom. The Hall–Kier alpha value is -1.72. The summed E-state index contributed by atoms with van der Waals surface area (Å²) < 4.78 is 13.0. The summed E-state index contributed by atoms with van der Waals surface area (Å²) in [4.78, 5) is 15.5. The highest BCUT2D eigenvalue weighted by Gasteiger charge is 2.22. The molecule has 0 bridgehead atoms. The molecule has 0 radical (unpaired) electrons. The van der Waals surface area contributed by atoms with Gasteiger partial charge in [-0.25, -0.2) is 4.39 Å². The summed E-state index contributed by atoms with van der Waals surface area (Å²) in [6.07, 6.45) is 0. The van der Waals surface area contributed by atoms with E-state index < -0.39 is 5.60 Å². The molecule has 1 aromatic heterocycles. The van der Waals surface area contributed by atoms with Crippen molar-refractivity contribution in [3.8, 4) is 10.4 Å². The minimum atomic E-state index is -0.934. The first-order valence-corrected chi connectivity index (χ1v) is 7.83. The average Bonchev–Trinajstić information content (AvgIpc) is 2.79. The summed E-state index contributed by atoms with van der Waals surface area (Å²) in [6.45, 7) is 5.53. The zero-order valence-corrected chi connectivity index (χ0v) is 14.0. The maximum atomic E-state index is 13.0. The second-order valence-corrected chi connectivity index (χ2v) is 7.16. The van der Waals surface area contributed by atoms with Crippen LogP contribution in [0.3, 0.4) is 0 Å². The van der Waals surface area contributed by atoms with Gasteiger partial charge in [0, 0.05) is 18.5 Å². The van der Waals surface area contributed by atoms with Gasteiger partial charge < -0.3 is 10.0 Å². The van der Waals surface area contributed by atoms with E-state index in [1.165, 1.54) is 28.4 Å². The quantitative estimate of drug-likeness (QED) is 0.932. The van der Waals surface area contributed by atoms with E-state index in [0.29, 0.717) is 4.88 Å². The predicted molar refractivity (Wildman–Crippen MR) is 87.7 cm³/mol. The first kappa shape index (κ1) is 16.6. The Kier molecular flexibility index (Phi) is 4.68. The van der Waals surface area contributed by atoms with Crippen molar-refractivity contribution < 1.29 is 14.3 Å². The topological polar surface area (TPSA) is 40.5 Å². The zero-order chi connectivity index (χ0) is 16.5. The van der Waals surface area contributed by atoms with Crippen molar-refractivity contribution in [1.82, 2.24) is 4.90 Å². The van der Waals surface area contributed by atoms with Gasteiger partial charge >= 0.3 is 0 Å². The number of likely N-dealkylation sites (N-methyl/N-ethyl adjacent to an activating group) is 1. The summed E-state index contributed by atoms with van der Waals surface area (Å²) in [7, 11) is 1.67. The lowest BCUT2D eigenvalue weighted by Crippen LogP contribution is -2.39. The summed E-state index contributed by atoms with van der Waals surface area (Å²) in [6, 6.07) is 8.09. The lowest BCUT2D eigenvalue weighted by atomic mass is 10.1. The molecule has 1 heterocycles. The van der Waals surface area contributed by atoms with Crippen LogP contribution in [-0.4, -0.2) is 35.1 Å². The third-order valence-corrected chi connectivity index (χ3v) is 4.48. The van der Waals surface area contributed by atoms with Gasteiger partial charge in [0.1, 0.15) is 5.82 Å². The van der Waals surface area contributed by atoms with Crippen LogP contribution in [0.2, 0.25) is 0 Å². The van der Waals surface area contributed by atoms with E-state index in [2.05, 4.69) is 0 Å². The van der Waals surface area contributed by atoms with Crippen LogP contribution in [-0.2, 0) is 0 Å². The lowest BCUT2D eigenvalue weighted by Gasteiger charge is -2.25. The van der Waals surface area contributed by atoms with Crippen molar-refractivity contribution in [1.29, 1.82) is 0 Å². The lowest BCUT2D eigenvalue weighted by molar-refractivity contribution is 0.0370. The normalized spacial score (nSPS) is 11.5. The molecular weight excluding hydrogens is 301 g/mol. The molecule has 118 valence electrons. The van der Waals surface area contributed by atoms with Crippen molar-refractivity contribution in [3.63, 3.8) is 0 Å². The van der Waals surface area contributed by atoms with Crippen LogP contribution in [0.15, 0.2) is 30.3 Å². The summed E-state index contributed by atoms with van der Waals surface area (Å²) in [5, 5.41) is 9.82. The molecule has 22 heavy (non-hydrogen) atoms. The standard InChI is InChI=1S/C17H20FNO2S/c1-11-9-14(16(20)19(4)10-17(2,3)21)22-15(11)12-5-7-13(18)8-6-12/h5-9,21H,10H2,1-4H3. The predicted octanol–water partition coefficient (Wildman–Crippen LogP) is 3.71. The third-order valence-electron chi connectivity index (χ3n) is 3.21. The number of amides is 1. The van der Waals surface area contributed by atoms with E-state index in [4.69, 9.17) is 0 Å². The highest BCUT2D eigenvalue weighted by atomic mass is 32.1. The van der Waals surface area contributed by atoms with Gasteiger partial charge in [-0.1, -0.05) is 12.1 Å². The highest BCUT2D eigenvalue weighted by Crippen LogP contribution is 2.33. The van der Waals surface area contributed by atoms with E-state index in [0.717, 1.165) is 16.0 Å². The molecule has 0 saturated heterocycles. The van der Waals surface area contributed by atoms with Crippen molar-refractivity contribution >= 4 is 17.2 Å². The van der Waals surface area contributed by atoms with Gasteiger partial charge in [0.05, 0.1) is 10.5 Å². The van der Waals surface area contributed by atoms with Gasteiger partial charge in [-0.05, 0) is 50.1 Å². The van der Waals surface area contributed by atoms with Crippen LogP contribution in [0.5, 0.6) is 0 Å². The summed E-state index contributed by atoms with van der Waals surface area (Å²) >= 11 is 1.39. The van der Waals surface area contributed by atoms with E-state index >= 15 is 0 Å². The molecule has 5 heteroatoms. The molecule has 0 aliphatic rings. The molecule has 3 nitrogen and oxygen atoms in total. The number of carbonyl (C=O) groups is 1. The molecule has 2 aromatic rings. The fourth-order valence-electron chi connectivity index (χ4n) is 2.32. The number of thiophene rings is 1. The van der Waals surface area contributed by atoms with Gasteiger partial charge in [0.15, 0.2) is 0 Å². The van der Waals surface area contributed by atoms with Crippen LogP contribution >= 0.6 is 11.3 Å². The van der Waals surface area contributed by atoms with Crippen molar-refractivity contribution in [3.05, 3.63) is 46.6 Å². The number of hydrogen-bond acceptors (Lipinski definition) is 3. The molecule has 0 atom stereocenters. The molecule has 2 rings (SSSR count). The number of hydrogen-bond donors (Lipinski definition) is 1. The number of halogens is 1. The molecule has 0 fully saturated rings.